The number of anilines is 1. The van der Waals surface area contributed by atoms with Crippen LogP contribution in [0.15, 0.2) is 60.7 Å². The van der Waals surface area contributed by atoms with Gasteiger partial charge in [0.15, 0.2) is 0 Å². The number of hydrogen-bond donors (Lipinski definition) is 2. The number of piperidine rings is 1. The Morgan fingerprint density at radius 2 is 1.65 bits per heavy atom. The number of fused-ring (bicyclic) bond motifs is 1. The number of aryl methyl sites for hydroxylation is 1. The first-order valence-electron chi connectivity index (χ1n) is 20.3. The highest BCUT2D eigenvalue weighted by Crippen LogP contribution is 2.55. The molecule has 3 aliphatic heterocycles. The Morgan fingerprint density at radius 3 is 2.33 bits per heavy atom. The van der Waals surface area contributed by atoms with Gasteiger partial charge in [0.05, 0.1) is 10.6 Å². The number of benzene rings is 3. The first-order chi connectivity index (χ1) is 27.3. The van der Waals surface area contributed by atoms with E-state index >= 15 is 0 Å². The second kappa shape index (κ2) is 16.5. The van der Waals surface area contributed by atoms with Crippen molar-refractivity contribution in [2.75, 3.05) is 37.6 Å². The summed E-state index contributed by atoms with van der Waals surface area (Å²) >= 11 is 6.25. The summed E-state index contributed by atoms with van der Waals surface area (Å²) in [7, 11) is 0. The number of hydrogen-bond acceptors (Lipinski definition) is 8. The molecule has 0 spiro atoms. The van der Waals surface area contributed by atoms with Crippen molar-refractivity contribution in [2.24, 2.45) is 10.8 Å². The fourth-order valence-corrected chi connectivity index (χ4v) is 9.88. The Labute approximate surface area is 340 Å². The van der Waals surface area contributed by atoms with Gasteiger partial charge < -0.3 is 19.9 Å². The smallest absolute Gasteiger partial charge is 0.255 e. The molecule has 3 aromatic carbocycles. The van der Waals surface area contributed by atoms with Gasteiger partial charge in [0.1, 0.15) is 24.0 Å². The Balaban J connectivity index is 0.799. The van der Waals surface area contributed by atoms with Gasteiger partial charge >= 0.3 is 0 Å². The molecule has 12 heteroatoms. The first kappa shape index (κ1) is 40.3. The third kappa shape index (κ3) is 8.39. The number of nitrogens with one attached hydrogen (secondary N) is 2. The monoisotopic (exact) mass is 792 g/mol. The number of unbranched alkanes of at least 4 members (excludes halogenated alkanes) is 3. The summed E-state index contributed by atoms with van der Waals surface area (Å²) in [6.07, 6.45) is 6.00. The maximum atomic E-state index is 13.4. The van der Waals surface area contributed by atoms with E-state index < -0.39 is 6.04 Å². The van der Waals surface area contributed by atoms with E-state index in [4.69, 9.17) is 16.3 Å². The molecule has 4 amide bonds. The van der Waals surface area contributed by atoms with E-state index in [0.29, 0.717) is 40.4 Å². The molecule has 1 atom stereocenters. The summed E-state index contributed by atoms with van der Waals surface area (Å²) < 4.78 is 6.38. The predicted molar refractivity (Wildman–Crippen MR) is 219 cm³/mol. The molecule has 2 saturated heterocycles. The molecule has 0 aromatic heterocycles. The fourth-order valence-electron chi connectivity index (χ4n) is 9.66. The molecule has 3 aromatic rings. The van der Waals surface area contributed by atoms with Gasteiger partial charge in [-0.3, -0.25) is 29.4 Å². The Bertz CT molecular complexity index is 2050. The van der Waals surface area contributed by atoms with Gasteiger partial charge in [0.25, 0.3) is 11.8 Å². The van der Waals surface area contributed by atoms with E-state index in [1.54, 1.807) is 23.1 Å². The van der Waals surface area contributed by atoms with Gasteiger partial charge in [-0.05, 0) is 85.8 Å². The number of piperazine rings is 1. The average Bonchev–Trinajstić information content (AvgIpc) is 3.52. The largest absolute Gasteiger partial charge is 0.489 e. The van der Waals surface area contributed by atoms with E-state index in [-0.39, 0.29) is 53.0 Å². The number of ether oxygens (including phenoxy) is 1. The standard InChI is InChI=1S/C45H53ClN6O5/c1-44(2)42(45(3,4)43(44)57-34-16-13-31(27-47)36(46)26-34)49-39(54)30-11-14-33(15-12-30)51-23-21-50(22-24-51)20-8-6-5-7-9-29-10-17-35-32(25-29)28-52(41(35)56)37-18-19-38(53)48-40(37)55/h10-17,25-26,37,42-43H,5-9,18-24,28H2,1-4H3,(H,49,54)(H,48,53,55). The van der Waals surface area contributed by atoms with Gasteiger partial charge in [0, 0.05) is 78.9 Å². The molecular weight excluding hydrogens is 740 g/mol. The van der Waals surface area contributed by atoms with Gasteiger partial charge in [-0.1, -0.05) is 64.3 Å². The van der Waals surface area contributed by atoms with Crippen molar-refractivity contribution in [3.8, 4) is 11.8 Å². The third-order valence-corrected chi connectivity index (χ3v) is 12.9. The highest BCUT2D eigenvalue weighted by Gasteiger charge is 2.64. The molecule has 300 valence electrons. The normalized spacial score (nSPS) is 22.7. The van der Waals surface area contributed by atoms with Crippen molar-refractivity contribution in [2.45, 2.75) is 97.4 Å². The fraction of sp³-hybridized carbons (Fsp3) is 0.489. The lowest BCUT2D eigenvalue weighted by Gasteiger charge is -2.63. The number of nitrogens with zero attached hydrogens (tertiary/aromatic N) is 4. The number of imide groups is 1. The van der Waals surface area contributed by atoms with Crippen molar-refractivity contribution in [3.63, 3.8) is 0 Å². The van der Waals surface area contributed by atoms with Crippen LogP contribution in [0.25, 0.3) is 0 Å². The van der Waals surface area contributed by atoms with Crippen LogP contribution in [0.2, 0.25) is 5.02 Å². The summed E-state index contributed by atoms with van der Waals surface area (Å²) in [6, 6.07) is 20.5. The highest BCUT2D eigenvalue weighted by atomic mass is 35.5. The average molecular weight is 793 g/mol. The van der Waals surface area contributed by atoms with Gasteiger partial charge in [-0.15, -0.1) is 0 Å². The molecule has 2 N–H and O–H groups in total. The van der Waals surface area contributed by atoms with Crippen LogP contribution >= 0.6 is 11.6 Å². The van der Waals surface area contributed by atoms with Crippen LogP contribution in [0.5, 0.6) is 5.75 Å². The molecule has 4 aliphatic rings. The van der Waals surface area contributed by atoms with Crippen LogP contribution in [0, 0.1) is 22.2 Å². The van der Waals surface area contributed by atoms with E-state index in [0.717, 1.165) is 69.7 Å². The van der Waals surface area contributed by atoms with Crippen LogP contribution in [-0.2, 0) is 22.6 Å². The molecule has 7 rings (SSSR count). The van der Waals surface area contributed by atoms with Gasteiger partial charge in [0.2, 0.25) is 11.8 Å². The van der Waals surface area contributed by atoms with E-state index in [1.165, 1.54) is 12.0 Å². The number of carbonyl (C=O) groups is 4. The van der Waals surface area contributed by atoms with E-state index in [2.05, 4.69) is 72.4 Å². The molecule has 57 heavy (non-hydrogen) atoms. The molecule has 0 radical (unpaired) electrons. The minimum absolute atomic E-state index is 0.0977. The summed E-state index contributed by atoms with van der Waals surface area (Å²) in [5.74, 6) is -0.269. The molecule has 11 nitrogen and oxygen atoms in total. The van der Waals surface area contributed by atoms with Crippen molar-refractivity contribution in [1.82, 2.24) is 20.4 Å². The summed E-state index contributed by atoms with van der Waals surface area (Å²) in [4.78, 5) is 56.9. The lowest BCUT2D eigenvalue weighted by Crippen LogP contribution is -2.74. The van der Waals surface area contributed by atoms with E-state index in [1.807, 2.05) is 24.3 Å². The molecule has 1 unspecified atom stereocenters. The van der Waals surface area contributed by atoms with Crippen LogP contribution in [-0.4, -0.2) is 84.3 Å². The van der Waals surface area contributed by atoms with Crippen molar-refractivity contribution in [3.05, 3.63) is 93.5 Å². The summed E-state index contributed by atoms with van der Waals surface area (Å²) in [6.45, 7) is 13.8. The second-order valence-electron chi connectivity index (χ2n) is 17.2. The summed E-state index contributed by atoms with van der Waals surface area (Å²) in [5.41, 5.74) is 4.35. The minimum atomic E-state index is -0.583. The molecule has 3 heterocycles. The topological polar surface area (TPSA) is 135 Å². The van der Waals surface area contributed by atoms with Crippen LogP contribution in [0.1, 0.15) is 104 Å². The summed E-state index contributed by atoms with van der Waals surface area (Å²) in [5, 5.41) is 15.2. The van der Waals surface area contributed by atoms with Crippen LogP contribution < -0.4 is 20.3 Å². The predicted octanol–water partition coefficient (Wildman–Crippen LogP) is 6.51. The molecule has 3 fully saturated rings. The zero-order valence-corrected chi connectivity index (χ0v) is 34.2. The van der Waals surface area contributed by atoms with E-state index in [9.17, 15) is 24.4 Å². The molecule has 1 saturated carbocycles. The lowest BCUT2D eigenvalue weighted by atomic mass is 9.49. The van der Waals surface area contributed by atoms with Crippen molar-refractivity contribution < 1.29 is 23.9 Å². The number of amides is 4. The highest BCUT2D eigenvalue weighted by molar-refractivity contribution is 6.31. The first-order valence-corrected chi connectivity index (χ1v) is 20.6. The molecule has 0 bridgehead atoms. The zero-order chi connectivity index (χ0) is 40.5. The van der Waals surface area contributed by atoms with Crippen LogP contribution in [0.3, 0.4) is 0 Å². The molecular formula is C45H53ClN6O5. The lowest BCUT2D eigenvalue weighted by molar-refractivity contribution is -0.164. The quantitative estimate of drug-likeness (QED) is 0.148. The Morgan fingerprint density at radius 1 is 0.930 bits per heavy atom. The third-order valence-electron chi connectivity index (χ3n) is 12.6. The van der Waals surface area contributed by atoms with Crippen LogP contribution in [0.4, 0.5) is 5.69 Å². The van der Waals surface area contributed by atoms with Crippen molar-refractivity contribution in [1.29, 1.82) is 5.26 Å². The minimum Gasteiger partial charge on any atom is -0.489 e. The Kier molecular flexibility index (Phi) is 11.7. The van der Waals surface area contributed by atoms with Gasteiger partial charge in [-0.25, -0.2) is 0 Å². The van der Waals surface area contributed by atoms with Crippen molar-refractivity contribution >= 4 is 40.9 Å². The number of nitriles is 1. The number of rotatable bonds is 13. The second-order valence-corrected chi connectivity index (χ2v) is 17.6. The maximum Gasteiger partial charge on any atom is 0.255 e. The Hall–Kier alpha value is -4.92. The number of halogens is 1. The SMILES string of the molecule is CC1(C)C(NC(=O)c2ccc(N3CCN(CCCCCCc4ccc5c(c4)CN(C4CCC(=O)NC4=O)C5=O)CC3)cc2)C(C)(C)C1Oc1ccc(C#N)c(Cl)c1. The van der Waals surface area contributed by atoms with Gasteiger partial charge in [-0.2, -0.15) is 5.26 Å². The zero-order valence-electron chi connectivity index (χ0n) is 33.4. The number of carbonyl (C=O) groups excluding carboxylic acids is 4. The molecule has 1 aliphatic carbocycles. The maximum absolute atomic E-state index is 13.4.